The number of nitrogens with one attached hydrogen (secondary N) is 1. The van der Waals surface area contributed by atoms with Gasteiger partial charge in [-0.25, -0.2) is 0 Å². The summed E-state index contributed by atoms with van der Waals surface area (Å²) < 4.78 is 45.1. The summed E-state index contributed by atoms with van der Waals surface area (Å²) in [6, 6.07) is 7.22. The summed E-state index contributed by atoms with van der Waals surface area (Å²) in [6.07, 6.45) is -4.27. The van der Waals surface area contributed by atoms with Crippen molar-refractivity contribution in [2.45, 2.75) is 13.1 Å². The molecule has 1 N–H and O–H groups in total. The van der Waals surface area contributed by atoms with Crippen LogP contribution in [-0.2, 0) is 4.74 Å². The molecule has 102 valence electrons. The Morgan fingerprint density at radius 2 is 2.06 bits per heavy atom. The van der Waals surface area contributed by atoms with Crippen molar-refractivity contribution in [3.63, 3.8) is 0 Å². The van der Waals surface area contributed by atoms with E-state index in [0.717, 1.165) is 11.4 Å². The molecule has 3 nitrogen and oxygen atoms in total. The van der Waals surface area contributed by atoms with Crippen LogP contribution in [0.2, 0.25) is 0 Å². The fraction of sp³-hybridized carbons (Fsp3) is 0.500. The smallest absolute Gasteiger partial charge is 0.411 e. The maximum atomic E-state index is 11.8. The highest BCUT2D eigenvalue weighted by molar-refractivity contribution is 5.48. The van der Waals surface area contributed by atoms with Crippen molar-refractivity contribution in [1.82, 2.24) is 0 Å². The van der Waals surface area contributed by atoms with Gasteiger partial charge >= 0.3 is 6.18 Å². The van der Waals surface area contributed by atoms with Crippen LogP contribution >= 0.6 is 0 Å². The second-order valence-corrected chi connectivity index (χ2v) is 3.56. The van der Waals surface area contributed by atoms with Gasteiger partial charge in [-0.1, -0.05) is 6.07 Å². The van der Waals surface area contributed by atoms with Crippen LogP contribution in [0.5, 0.6) is 5.75 Å². The average Bonchev–Trinajstić information content (AvgIpc) is 2.28. The summed E-state index contributed by atoms with van der Waals surface area (Å²) in [7, 11) is 0. The van der Waals surface area contributed by atoms with Crippen molar-refractivity contribution >= 4 is 5.69 Å². The number of benzene rings is 1. The molecule has 18 heavy (non-hydrogen) atoms. The lowest BCUT2D eigenvalue weighted by Crippen LogP contribution is -2.20. The van der Waals surface area contributed by atoms with Crippen LogP contribution in [0.25, 0.3) is 0 Å². The van der Waals surface area contributed by atoms with Crippen molar-refractivity contribution in [2.24, 2.45) is 0 Å². The zero-order valence-electron chi connectivity index (χ0n) is 10.1. The van der Waals surface area contributed by atoms with E-state index in [0.29, 0.717) is 13.2 Å². The average molecular weight is 263 g/mol. The van der Waals surface area contributed by atoms with Crippen molar-refractivity contribution in [3.05, 3.63) is 24.3 Å². The Balaban J connectivity index is 2.24. The Kier molecular flexibility index (Phi) is 5.77. The van der Waals surface area contributed by atoms with E-state index in [1.165, 1.54) is 0 Å². The van der Waals surface area contributed by atoms with Gasteiger partial charge in [0.25, 0.3) is 0 Å². The van der Waals surface area contributed by atoms with Crippen molar-refractivity contribution in [1.29, 1.82) is 0 Å². The molecule has 0 saturated heterocycles. The number of rotatable bonds is 7. The van der Waals surface area contributed by atoms with Gasteiger partial charge in [0, 0.05) is 18.3 Å². The van der Waals surface area contributed by atoms with Gasteiger partial charge in [0.15, 0.2) is 0 Å². The summed E-state index contributed by atoms with van der Waals surface area (Å²) in [5.41, 5.74) is 0.788. The van der Waals surface area contributed by atoms with Crippen molar-refractivity contribution in [2.75, 3.05) is 31.7 Å². The molecule has 0 amide bonds. The van der Waals surface area contributed by atoms with Gasteiger partial charge in [-0.15, -0.1) is 0 Å². The fourth-order valence-corrected chi connectivity index (χ4v) is 1.32. The highest BCUT2D eigenvalue weighted by atomic mass is 19.4. The molecular weight excluding hydrogens is 247 g/mol. The maximum absolute atomic E-state index is 11.8. The second-order valence-electron chi connectivity index (χ2n) is 3.56. The van der Waals surface area contributed by atoms with E-state index in [1.54, 1.807) is 6.07 Å². The standard InChI is InChI=1S/C12H16F3NO2/c1-2-18-11-5-3-4-10(8-11)16-6-7-17-9-12(13,14)15/h3-5,8,16H,2,6-7,9H2,1H3. The highest BCUT2D eigenvalue weighted by Crippen LogP contribution is 2.17. The van der Waals surface area contributed by atoms with Crippen LogP contribution < -0.4 is 10.1 Å². The van der Waals surface area contributed by atoms with Gasteiger partial charge in [0.05, 0.1) is 13.2 Å². The Morgan fingerprint density at radius 3 is 2.72 bits per heavy atom. The lowest BCUT2D eigenvalue weighted by Gasteiger charge is -2.10. The third-order valence-electron chi connectivity index (χ3n) is 1.99. The summed E-state index contributed by atoms with van der Waals surface area (Å²) in [5.74, 6) is 0.721. The monoisotopic (exact) mass is 263 g/mol. The SMILES string of the molecule is CCOc1cccc(NCCOCC(F)(F)F)c1. The number of hydrogen-bond acceptors (Lipinski definition) is 3. The minimum Gasteiger partial charge on any atom is -0.494 e. The van der Waals surface area contributed by atoms with E-state index >= 15 is 0 Å². The van der Waals surface area contributed by atoms with E-state index in [4.69, 9.17) is 4.74 Å². The van der Waals surface area contributed by atoms with Crippen LogP contribution in [0.3, 0.4) is 0 Å². The molecule has 0 heterocycles. The van der Waals surface area contributed by atoms with Gasteiger partial charge in [0.2, 0.25) is 0 Å². The third kappa shape index (κ3) is 6.34. The molecule has 0 fully saturated rings. The predicted molar refractivity (Wildman–Crippen MR) is 63.0 cm³/mol. The van der Waals surface area contributed by atoms with Gasteiger partial charge in [0.1, 0.15) is 12.4 Å². The van der Waals surface area contributed by atoms with Crippen LogP contribution in [0, 0.1) is 0 Å². The Morgan fingerprint density at radius 1 is 1.28 bits per heavy atom. The van der Waals surface area contributed by atoms with E-state index < -0.39 is 12.8 Å². The molecule has 0 unspecified atom stereocenters. The maximum Gasteiger partial charge on any atom is 0.411 e. The fourth-order valence-electron chi connectivity index (χ4n) is 1.32. The summed E-state index contributed by atoms with van der Waals surface area (Å²) in [4.78, 5) is 0. The first-order valence-electron chi connectivity index (χ1n) is 5.62. The molecule has 1 aromatic rings. The first-order valence-corrected chi connectivity index (χ1v) is 5.62. The summed E-state index contributed by atoms with van der Waals surface area (Å²) in [5, 5.41) is 2.96. The van der Waals surface area contributed by atoms with Gasteiger partial charge in [-0.05, 0) is 19.1 Å². The van der Waals surface area contributed by atoms with Gasteiger partial charge < -0.3 is 14.8 Å². The topological polar surface area (TPSA) is 30.5 Å². The summed E-state index contributed by atoms with van der Waals surface area (Å²) in [6.45, 7) is 1.54. The summed E-state index contributed by atoms with van der Waals surface area (Å²) >= 11 is 0. The molecule has 0 aromatic heterocycles. The molecule has 0 atom stereocenters. The van der Waals surface area contributed by atoms with Gasteiger partial charge in [-0.2, -0.15) is 13.2 Å². The van der Waals surface area contributed by atoms with Gasteiger partial charge in [-0.3, -0.25) is 0 Å². The third-order valence-corrected chi connectivity index (χ3v) is 1.99. The first-order chi connectivity index (χ1) is 8.51. The molecule has 1 rings (SSSR count). The normalized spacial score (nSPS) is 11.3. The number of anilines is 1. The number of ether oxygens (including phenoxy) is 2. The van der Waals surface area contributed by atoms with Crippen LogP contribution in [0.1, 0.15) is 6.92 Å². The largest absolute Gasteiger partial charge is 0.494 e. The Bertz CT molecular complexity index is 355. The molecule has 0 radical (unpaired) electrons. The minimum absolute atomic E-state index is 0.00161. The highest BCUT2D eigenvalue weighted by Gasteiger charge is 2.27. The van der Waals surface area contributed by atoms with Crippen LogP contribution in [0.15, 0.2) is 24.3 Å². The number of alkyl halides is 3. The molecule has 0 aliphatic heterocycles. The van der Waals surface area contributed by atoms with E-state index in [-0.39, 0.29) is 6.61 Å². The molecule has 0 spiro atoms. The van der Waals surface area contributed by atoms with E-state index in [9.17, 15) is 13.2 Å². The minimum atomic E-state index is -4.27. The molecule has 0 bridgehead atoms. The van der Waals surface area contributed by atoms with E-state index in [2.05, 4.69) is 10.1 Å². The van der Waals surface area contributed by atoms with E-state index in [1.807, 2.05) is 25.1 Å². The molecule has 6 heteroatoms. The predicted octanol–water partition coefficient (Wildman–Crippen LogP) is 3.08. The Labute approximate surface area is 104 Å². The van der Waals surface area contributed by atoms with Crippen molar-refractivity contribution < 1.29 is 22.6 Å². The Hall–Kier alpha value is -1.43. The molecule has 1 aromatic carbocycles. The zero-order valence-corrected chi connectivity index (χ0v) is 10.1. The molecule has 0 aliphatic rings. The van der Waals surface area contributed by atoms with Crippen LogP contribution in [-0.4, -0.2) is 32.5 Å². The molecule has 0 aliphatic carbocycles. The lowest BCUT2D eigenvalue weighted by atomic mass is 10.3. The number of hydrogen-bond donors (Lipinski definition) is 1. The van der Waals surface area contributed by atoms with Crippen LogP contribution in [0.4, 0.5) is 18.9 Å². The lowest BCUT2D eigenvalue weighted by molar-refractivity contribution is -0.172. The second kappa shape index (κ2) is 7.10. The first kappa shape index (κ1) is 14.6. The molecule has 0 saturated carbocycles. The molecular formula is C12H16F3NO2. The number of halogens is 3. The quantitative estimate of drug-likeness (QED) is 0.767. The zero-order chi connectivity index (χ0) is 13.4. The van der Waals surface area contributed by atoms with Crippen molar-refractivity contribution in [3.8, 4) is 5.75 Å².